The molecule has 0 bridgehead atoms. The highest BCUT2D eigenvalue weighted by atomic mass is 79.9. The van der Waals surface area contributed by atoms with Gasteiger partial charge in [0.2, 0.25) is 0 Å². The van der Waals surface area contributed by atoms with Gasteiger partial charge < -0.3 is 0 Å². The predicted octanol–water partition coefficient (Wildman–Crippen LogP) is 4.65. The molecule has 0 amide bonds. The molecule has 0 radical (unpaired) electrons. The van der Waals surface area contributed by atoms with Crippen LogP contribution < -0.4 is 0 Å². The SMILES string of the molecule is N#C/C(=C/c1ccccc1Br)c1cccc(F)c1. The Bertz CT molecular complexity index is 641. The summed E-state index contributed by atoms with van der Waals surface area (Å²) in [6, 6.07) is 15.7. The first kappa shape index (κ1) is 12.5. The molecule has 2 rings (SSSR count). The normalized spacial score (nSPS) is 11.1. The van der Waals surface area contributed by atoms with E-state index in [0.717, 1.165) is 10.0 Å². The van der Waals surface area contributed by atoms with E-state index >= 15 is 0 Å². The van der Waals surface area contributed by atoms with Crippen molar-refractivity contribution >= 4 is 27.6 Å². The number of nitriles is 1. The van der Waals surface area contributed by atoms with Crippen LogP contribution in [-0.2, 0) is 0 Å². The van der Waals surface area contributed by atoms with E-state index in [1.165, 1.54) is 12.1 Å². The Morgan fingerprint density at radius 2 is 1.94 bits per heavy atom. The zero-order valence-electron chi connectivity index (χ0n) is 9.40. The van der Waals surface area contributed by atoms with E-state index in [4.69, 9.17) is 5.26 Å². The molecule has 0 aliphatic carbocycles. The second-order valence-electron chi connectivity index (χ2n) is 3.70. The summed E-state index contributed by atoms with van der Waals surface area (Å²) < 4.78 is 14.0. The Morgan fingerprint density at radius 1 is 1.17 bits per heavy atom. The molecule has 0 saturated heterocycles. The maximum absolute atomic E-state index is 13.1. The monoisotopic (exact) mass is 301 g/mol. The number of benzene rings is 2. The lowest BCUT2D eigenvalue weighted by Gasteiger charge is -2.01. The van der Waals surface area contributed by atoms with Crippen molar-refractivity contribution in [1.29, 1.82) is 5.26 Å². The number of allylic oxidation sites excluding steroid dienone is 1. The molecule has 0 aliphatic rings. The summed E-state index contributed by atoms with van der Waals surface area (Å²) in [5.74, 6) is -0.347. The van der Waals surface area contributed by atoms with Gasteiger partial charge in [-0.2, -0.15) is 5.26 Å². The van der Waals surface area contributed by atoms with Gasteiger partial charge in [0.1, 0.15) is 5.82 Å². The first-order valence-corrected chi connectivity index (χ1v) is 6.12. The van der Waals surface area contributed by atoms with Crippen molar-refractivity contribution in [2.45, 2.75) is 0 Å². The fourth-order valence-electron chi connectivity index (χ4n) is 1.58. The molecular weight excluding hydrogens is 293 g/mol. The van der Waals surface area contributed by atoms with Gasteiger partial charge in [0.05, 0.1) is 11.6 Å². The average Bonchev–Trinajstić information content (AvgIpc) is 2.38. The minimum Gasteiger partial charge on any atom is -0.207 e. The highest BCUT2D eigenvalue weighted by molar-refractivity contribution is 9.10. The van der Waals surface area contributed by atoms with Crippen LogP contribution in [0.25, 0.3) is 11.6 Å². The van der Waals surface area contributed by atoms with Crippen LogP contribution in [0.3, 0.4) is 0 Å². The molecule has 0 N–H and O–H groups in total. The van der Waals surface area contributed by atoms with Crippen LogP contribution in [0, 0.1) is 17.1 Å². The van der Waals surface area contributed by atoms with Crippen LogP contribution in [0.2, 0.25) is 0 Å². The van der Waals surface area contributed by atoms with Crippen molar-refractivity contribution in [3.63, 3.8) is 0 Å². The van der Waals surface area contributed by atoms with Crippen molar-refractivity contribution in [1.82, 2.24) is 0 Å². The Morgan fingerprint density at radius 3 is 2.61 bits per heavy atom. The van der Waals surface area contributed by atoms with Gasteiger partial charge in [-0.25, -0.2) is 4.39 Å². The number of nitrogens with zero attached hydrogens (tertiary/aromatic N) is 1. The molecule has 0 aromatic heterocycles. The third-order valence-electron chi connectivity index (χ3n) is 2.46. The van der Waals surface area contributed by atoms with E-state index in [1.54, 1.807) is 18.2 Å². The third-order valence-corrected chi connectivity index (χ3v) is 3.18. The summed E-state index contributed by atoms with van der Waals surface area (Å²) in [7, 11) is 0. The Kier molecular flexibility index (Phi) is 3.91. The van der Waals surface area contributed by atoms with Crippen LogP contribution in [0.1, 0.15) is 11.1 Å². The fourth-order valence-corrected chi connectivity index (χ4v) is 1.98. The van der Waals surface area contributed by atoms with E-state index in [2.05, 4.69) is 22.0 Å². The lowest BCUT2D eigenvalue weighted by Crippen LogP contribution is -1.84. The van der Waals surface area contributed by atoms with E-state index in [-0.39, 0.29) is 5.82 Å². The topological polar surface area (TPSA) is 23.8 Å². The molecule has 2 aromatic rings. The summed E-state index contributed by atoms with van der Waals surface area (Å²) in [6.45, 7) is 0. The highest BCUT2D eigenvalue weighted by Crippen LogP contribution is 2.23. The molecular formula is C15H9BrFN. The predicted molar refractivity (Wildman–Crippen MR) is 74.0 cm³/mol. The molecule has 0 aliphatic heterocycles. The van der Waals surface area contributed by atoms with Gasteiger partial charge in [-0.15, -0.1) is 0 Å². The number of rotatable bonds is 2. The van der Waals surface area contributed by atoms with Crippen LogP contribution >= 0.6 is 15.9 Å². The molecule has 0 heterocycles. The lowest BCUT2D eigenvalue weighted by atomic mass is 10.0. The van der Waals surface area contributed by atoms with Crippen molar-refractivity contribution in [3.8, 4) is 6.07 Å². The molecule has 0 saturated carbocycles. The molecule has 88 valence electrons. The smallest absolute Gasteiger partial charge is 0.123 e. The fraction of sp³-hybridized carbons (Fsp3) is 0. The quantitative estimate of drug-likeness (QED) is 0.585. The van der Waals surface area contributed by atoms with Gasteiger partial charge in [-0.05, 0) is 35.4 Å². The summed E-state index contributed by atoms with van der Waals surface area (Å²) in [4.78, 5) is 0. The van der Waals surface area contributed by atoms with Crippen molar-refractivity contribution in [2.24, 2.45) is 0 Å². The molecule has 1 nitrogen and oxygen atoms in total. The van der Waals surface area contributed by atoms with E-state index in [0.29, 0.717) is 11.1 Å². The minimum absolute atomic E-state index is 0.347. The first-order valence-electron chi connectivity index (χ1n) is 5.33. The van der Waals surface area contributed by atoms with Gasteiger partial charge in [-0.3, -0.25) is 0 Å². The highest BCUT2D eigenvalue weighted by Gasteiger charge is 2.03. The third kappa shape index (κ3) is 2.85. The number of hydrogen-bond donors (Lipinski definition) is 0. The van der Waals surface area contributed by atoms with Gasteiger partial charge in [0.15, 0.2) is 0 Å². The lowest BCUT2D eigenvalue weighted by molar-refractivity contribution is 0.627. The number of hydrogen-bond acceptors (Lipinski definition) is 1. The maximum Gasteiger partial charge on any atom is 0.123 e. The Hall–Kier alpha value is -1.92. The minimum atomic E-state index is -0.347. The zero-order chi connectivity index (χ0) is 13.0. The second kappa shape index (κ2) is 5.61. The summed E-state index contributed by atoms with van der Waals surface area (Å²) in [6.07, 6.45) is 1.73. The van der Waals surface area contributed by atoms with Crippen LogP contribution in [0.15, 0.2) is 53.0 Å². The van der Waals surface area contributed by atoms with Crippen LogP contribution in [0.5, 0.6) is 0 Å². The van der Waals surface area contributed by atoms with Gasteiger partial charge in [-0.1, -0.05) is 46.3 Å². The number of halogens is 2. The van der Waals surface area contributed by atoms with Crippen molar-refractivity contribution in [3.05, 3.63) is 69.9 Å². The first-order chi connectivity index (χ1) is 8.70. The second-order valence-corrected chi connectivity index (χ2v) is 4.56. The van der Waals surface area contributed by atoms with Gasteiger partial charge in [0.25, 0.3) is 0 Å². The van der Waals surface area contributed by atoms with Crippen LogP contribution in [0.4, 0.5) is 4.39 Å². The van der Waals surface area contributed by atoms with Crippen LogP contribution in [-0.4, -0.2) is 0 Å². The van der Waals surface area contributed by atoms with Crippen molar-refractivity contribution < 1.29 is 4.39 Å². The average molecular weight is 302 g/mol. The maximum atomic E-state index is 13.1. The Balaban J connectivity index is 2.47. The zero-order valence-corrected chi connectivity index (χ0v) is 11.0. The van der Waals surface area contributed by atoms with E-state index < -0.39 is 0 Å². The summed E-state index contributed by atoms with van der Waals surface area (Å²) in [5, 5.41) is 9.17. The van der Waals surface area contributed by atoms with Gasteiger partial charge >= 0.3 is 0 Å². The summed E-state index contributed by atoms with van der Waals surface area (Å²) >= 11 is 3.41. The molecule has 0 unspecified atom stereocenters. The molecule has 0 atom stereocenters. The van der Waals surface area contributed by atoms with E-state index in [9.17, 15) is 4.39 Å². The molecule has 2 aromatic carbocycles. The Labute approximate surface area is 113 Å². The molecule has 3 heteroatoms. The van der Waals surface area contributed by atoms with Crippen molar-refractivity contribution in [2.75, 3.05) is 0 Å². The standard InChI is InChI=1S/C15H9BrFN/c16-15-7-2-1-4-12(15)8-13(10-18)11-5-3-6-14(17)9-11/h1-9H/b13-8-. The van der Waals surface area contributed by atoms with Gasteiger partial charge in [0, 0.05) is 4.47 Å². The molecule has 0 spiro atoms. The molecule has 0 fully saturated rings. The van der Waals surface area contributed by atoms with E-state index in [1.807, 2.05) is 24.3 Å². The largest absolute Gasteiger partial charge is 0.207 e. The molecule has 18 heavy (non-hydrogen) atoms. The summed E-state index contributed by atoms with van der Waals surface area (Å²) in [5.41, 5.74) is 1.90.